The van der Waals surface area contributed by atoms with Gasteiger partial charge in [-0.1, -0.05) is 12.1 Å². The van der Waals surface area contributed by atoms with Crippen molar-refractivity contribution in [2.75, 3.05) is 0 Å². The summed E-state index contributed by atoms with van der Waals surface area (Å²) in [4.78, 5) is 4.49. The Kier molecular flexibility index (Phi) is 3.20. The lowest BCUT2D eigenvalue weighted by Crippen LogP contribution is -2.29. The van der Waals surface area contributed by atoms with Gasteiger partial charge in [0.15, 0.2) is 0 Å². The molecule has 96 valence electrons. The smallest absolute Gasteiger partial charge is 0.0970 e. The lowest BCUT2D eigenvalue weighted by molar-refractivity contribution is 0.626. The van der Waals surface area contributed by atoms with Crippen LogP contribution in [0, 0.1) is 6.92 Å². The minimum Gasteiger partial charge on any atom is -0.271 e. The normalized spacial score (nSPS) is 12.7. The fraction of sp³-hybridized carbons (Fsp3) is 0.154. The van der Waals surface area contributed by atoms with Crippen LogP contribution in [-0.4, -0.2) is 13.7 Å². The highest BCUT2D eigenvalue weighted by molar-refractivity contribution is 6.99. The first-order chi connectivity index (χ1) is 9.28. The minimum absolute atomic E-state index is 0.149. The van der Waals surface area contributed by atoms with Gasteiger partial charge in [-0.3, -0.25) is 10.8 Å². The Balaban J connectivity index is 2.07. The van der Waals surface area contributed by atoms with Crippen LogP contribution in [-0.2, 0) is 0 Å². The molecule has 1 aromatic carbocycles. The zero-order valence-electron chi connectivity index (χ0n) is 10.4. The van der Waals surface area contributed by atoms with E-state index < -0.39 is 0 Å². The molecule has 1 atom stereocenters. The maximum absolute atomic E-state index is 5.64. The summed E-state index contributed by atoms with van der Waals surface area (Å²) in [5, 5.41) is 1.09. The van der Waals surface area contributed by atoms with Crippen molar-refractivity contribution >= 4 is 22.6 Å². The standard InChI is InChI=1S/C13H13N5S/c1-8-2-3-9-6-10(4-5-11(9)16-8)13(17-14)12-7-15-19-18-12/h2-7,13,17H,14H2,1H3. The average Bonchev–Trinajstić information content (AvgIpc) is 2.93. The molecule has 0 amide bonds. The molecule has 19 heavy (non-hydrogen) atoms. The van der Waals surface area contributed by atoms with Gasteiger partial charge < -0.3 is 0 Å². The van der Waals surface area contributed by atoms with E-state index >= 15 is 0 Å². The molecule has 0 spiro atoms. The van der Waals surface area contributed by atoms with Gasteiger partial charge in [-0.15, -0.1) is 0 Å². The third-order valence-corrected chi connectivity index (χ3v) is 3.52. The predicted octanol–water partition coefficient (Wildman–Crippen LogP) is 1.95. The van der Waals surface area contributed by atoms with Gasteiger partial charge in [0.2, 0.25) is 0 Å². The van der Waals surface area contributed by atoms with Gasteiger partial charge in [0, 0.05) is 11.1 Å². The molecular weight excluding hydrogens is 258 g/mol. The maximum atomic E-state index is 5.64. The van der Waals surface area contributed by atoms with Gasteiger partial charge in [0.05, 0.1) is 35.2 Å². The largest absolute Gasteiger partial charge is 0.271 e. The number of hydrogen-bond donors (Lipinski definition) is 2. The third-order valence-electron chi connectivity index (χ3n) is 3.03. The van der Waals surface area contributed by atoms with Crippen molar-refractivity contribution in [2.45, 2.75) is 13.0 Å². The molecule has 3 N–H and O–H groups in total. The van der Waals surface area contributed by atoms with Crippen LogP contribution in [0.2, 0.25) is 0 Å². The monoisotopic (exact) mass is 271 g/mol. The van der Waals surface area contributed by atoms with E-state index in [1.165, 1.54) is 11.7 Å². The first-order valence-electron chi connectivity index (χ1n) is 5.89. The molecule has 2 heterocycles. The number of pyridine rings is 1. The Morgan fingerprint density at radius 2 is 2.16 bits per heavy atom. The number of hydrogen-bond acceptors (Lipinski definition) is 6. The molecule has 0 saturated heterocycles. The molecule has 3 rings (SSSR count). The molecule has 0 aliphatic heterocycles. The van der Waals surface area contributed by atoms with Gasteiger partial charge in [-0.25, -0.2) is 5.43 Å². The second kappa shape index (κ2) is 5.00. The van der Waals surface area contributed by atoms with E-state index in [0.29, 0.717) is 0 Å². The van der Waals surface area contributed by atoms with E-state index in [-0.39, 0.29) is 6.04 Å². The molecule has 0 aliphatic rings. The van der Waals surface area contributed by atoms with E-state index in [9.17, 15) is 0 Å². The lowest BCUT2D eigenvalue weighted by Gasteiger charge is -2.14. The molecule has 2 aromatic heterocycles. The summed E-state index contributed by atoms with van der Waals surface area (Å²) < 4.78 is 8.24. The van der Waals surface area contributed by atoms with E-state index in [0.717, 1.165) is 27.9 Å². The van der Waals surface area contributed by atoms with Crippen molar-refractivity contribution < 1.29 is 0 Å². The number of nitrogens with two attached hydrogens (primary N) is 1. The van der Waals surface area contributed by atoms with Gasteiger partial charge in [-0.05, 0) is 30.7 Å². The number of nitrogens with one attached hydrogen (secondary N) is 1. The molecular formula is C13H13N5S. The molecule has 0 radical (unpaired) electrons. The van der Waals surface area contributed by atoms with E-state index in [1.807, 2.05) is 25.1 Å². The van der Waals surface area contributed by atoms with Gasteiger partial charge in [-0.2, -0.15) is 8.75 Å². The minimum atomic E-state index is -0.149. The van der Waals surface area contributed by atoms with E-state index in [1.54, 1.807) is 6.20 Å². The van der Waals surface area contributed by atoms with E-state index in [2.05, 4.69) is 31.3 Å². The zero-order chi connectivity index (χ0) is 13.2. The van der Waals surface area contributed by atoms with Crippen molar-refractivity contribution in [1.82, 2.24) is 19.2 Å². The molecule has 0 aliphatic carbocycles. The van der Waals surface area contributed by atoms with Crippen LogP contribution in [0.4, 0.5) is 0 Å². The van der Waals surface area contributed by atoms with Crippen molar-refractivity contribution in [3.63, 3.8) is 0 Å². The summed E-state index contributed by atoms with van der Waals surface area (Å²) in [5.74, 6) is 5.64. The highest BCUT2D eigenvalue weighted by Crippen LogP contribution is 2.23. The first kappa shape index (κ1) is 12.2. The average molecular weight is 271 g/mol. The quantitative estimate of drug-likeness (QED) is 0.562. The molecule has 6 heteroatoms. The van der Waals surface area contributed by atoms with Crippen LogP contribution in [0.3, 0.4) is 0 Å². The summed E-state index contributed by atoms with van der Waals surface area (Å²) in [6.45, 7) is 1.98. The number of hydrazine groups is 1. The third kappa shape index (κ3) is 2.33. The van der Waals surface area contributed by atoms with Crippen molar-refractivity contribution in [2.24, 2.45) is 5.84 Å². The molecule has 0 saturated carbocycles. The first-order valence-corrected chi connectivity index (χ1v) is 6.62. The Morgan fingerprint density at radius 3 is 2.89 bits per heavy atom. The molecule has 0 fully saturated rings. The highest BCUT2D eigenvalue weighted by atomic mass is 32.1. The number of fused-ring (bicyclic) bond motifs is 1. The SMILES string of the molecule is Cc1ccc2cc(C(NN)c3cnsn3)ccc2n1. The number of benzene rings is 1. The molecule has 0 bridgehead atoms. The summed E-state index contributed by atoms with van der Waals surface area (Å²) in [6, 6.07) is 10.0. The second-order valence-corrected chi connectivity index (χ2v) is 4.89. The fourth-order valence-corrected chi connectivity index (χ4v) is 2.53. The summed E-state index contributed by atoms with van der Waals surface area (Å²) in [5.41, 5.74) is 6.65. The summed E-state index contributed by atoms with van der Waals surface area (Å²) >= 11 is 1.18. The lowest BCUT2D eigenvalue weighted by atomic mass is 10.0. The molecule has 3 aromatic rings. The second-order valence-electron chi connectivity index (χ2n) is 4.34. The number of aromatic nitrogens is 3. The number of rotatable bonds is 3. The highest BCUT2D eigenvalue weighted by Gasteiger charge is 2.15. The summed E-state index contributed by atoms with van der Waals surface area (Å²) in [7, 11) is 0. The Labute approximate surface area is 114 Å². The van der Waals surface area contributed by atoms with Gasteiger partial charge in [0.1, 0.15) is 0 Å². The van der Waals surface area contributed by atoms with Crippen LogP contribution in [0.15, 0.2) is 36.5 Å². The maximum Gasteiger partial charge on any atom is 0.0970 e. The summed E-state index contributed by atoms with van der Waals surface area (Å²) in [6.07, 6.45) is 1.73. The van der Waals surface area contributed by atoms with Crippen molar-refractivity contribution in [1.29, 1.82) is 0 Å². The molecule has 1 unspecified atom stereocenters. The van der Waals surface area contributed by atoms with Crippen LogP contribution >= 0.6 is 11.7 Å². The van der Waals surface area contributed by atoms with Crippen LogP contribution < -0.4 is 11.3 Å². The van der Waals surface area contributed by atoms with E-state index in [4.69, 9.17) is 5.84 Å². The van der Waals surface area contributed by atoms with Gasteiger partial charge in [0.25, 0.3) is 0 Å². The Hall–Kier alpha value is -1.89. The topological polar surface area (TPSA) is 76.7 Å². The number of nitrogens with zero attached hydrogens (tertiary/aromatic N) is 3. The molecule has 5 nitrogen and oxygen atoms in total. The van der Waals surface area contributed by atoms with Crippen LogP contribution in [0.5, 0.6) is 0 Å². The predicted molar refractivity (Wildman–Crippen MR) is 75.6 cm³/mol. The fourth-order valence-electron chi connectivity index (χ4n) is 2.08. The Morgan fingerprint density at radius 1 is 1.26 bits per heavy atom. The number of aryl methyl sites for hydroxylation is 1. The van der Waals surface area contributed by atoms with Gasteiger partial charge >= 0.3 is 0 Å². The Bertz CT molecular complexity index is 695. The van der Waals surface area contributed by atoms with Crippen LogP contribution in [0.25, 0.3) is 10.9 Å². The zero-order valence-corrected chi connectivity index (χ0v) is 11.2. The van der Waals surface area contributed by atoms with Crippen molar-refractivity contribution in [3.8, 4) is 0 Å². The van der Waals surface area contributed by atoms with Crippen molar-refractivity contribution in [3.05, 3.63) is 53.5 Å². The van der Waals surface area contributed by atoms with Crippen LogP contribution in [0.1, 0.15) is 23.0 Å².